The van der Waals surface area contributed by atoms with Crippen molar-refractivity contribution in [3.63, 3.8) is 0 Å². The molecule has 0 spiro atoms. The number of nitrogens with one attached hydrogen (secondary N) is 1. The van der Waals surface area contributed by atoms with E-state index in [1.165, 1.54) is 6.20 Å². The van der Waals surface area contributed by atoms with Crippen LogP contribution in [-0.4, -0.2) is 10.5 Å². The van der Waals surface area contributed by atoms with Gasteiger partial charge < -0.3 is 5.32 Å². The molecule has 1 aromatic rings. The zero-order valence-corrected chi connectivity index (χ0v) is 9.80. The Bertz CT molecular complexity index is 408. The van der Waals surface area contributed by atoms with E-state index in [4.69, 9.17) is 0 Å². The maximum Gasteiger partial charge on any atom is 0.416 e. The lowest BCUT2D eigenvalue weighted by Crippen LogP contribution is -2.28. The normalized spacial score (nSPS) is 18.2. The summed E-state index contributed by atoms with van der Waals surface area (Å²) >= 11 is 0. The number of pyridine rings is 1. The van der Waals surface area contributed by atoms with E-state index in [1.807, 2.05) is 0 Å². The SMILES string of the molecule is CC(C)C1(Nc2cc(C(F)(F)F)ccn2)CC1. The topological polar surface area (TPSA) is 24.9 Å². The molecule has 0 bridgehead atoms. The van der Waals surface area contributed by atoms with Crippen molar-refractivity contribution >= 4 is 5.82 Å². The fourth-order valence-electron chi connectivity index (χ4n) is 1.91. The molecule has 1 aliphatic rings. The number of alkyl halides is 3. The van der Waals surface area contributed by atoms with Crippen LogP contribution in [0.15, 0.2) is 18.3 Å². The Morgan fingerprint density at radius 2 is 2.00 bits per heavy atom. The van der Waals surface area contributed by atoms with Crippen LogP contribution in [0.3, 0.4) is 0 Å². The standard InChI is InChI=1S/C12H15F3N2/c1-8(2)11(4-5-11)17-10-7-9(3-6-16-10)12(13,14)15/h3,6-8H,4-5H2,1-2H3,(H,16,17). The minimum Gasteiger partial charge on any atom is -0.364 e. The molecule has 1 N–H and O–H groups in total. The first-order chi connectivity index (χ1) is 7.83. The molecule has 0 saturated heterocycles. The first kappa shape index (κ1) is 12.2. The smallest absolute Gasteiger partial charge is 0.364 e. The number of hydrogen-bond acceptors (Lipinski definition) is 2. The van der Waals surface area contributed by atoms with E-state index in [9.17, 15) is 13.2 Å². The average Bonchev–Trinajstić information content (AvgIpc) is 2.98. The fourth-order valence-corrected chi connectivity index (χ4v) is 1.91. The molecule has 0 atom stereocenters. The van der Waals surface area contributed by atoms with E-state index in [0.29, 0.717) is 11.7 Å². The lowest BCUT2D eigenvalue weighted by Gasteiger charge is -2.22. The molecule has 5 heteroatoms. The van der Waals surface area contributed by atoms with Crippen LogP contribution >= 0.6 is 0 Å². The maximum absolute atomic E-state index is 12.5. The summed E-state index contributed by atoms with van der Waals surface area (Å²) in [5.41, 5.74) is -0.716. The summed E-state index contributed by atoms with van der Waals surface area (Å²) in [5.74, 6) is 0.699. The average molecular weight is 244 g/mol. The van der Waals surface area contributed by atoms with Gasteiger partial charge in [0.25, 0.3) is 0 Å². The second-order valence-electron chi connectivity index (χ2n) is 4.86. The lowest BCUT2D eigenvalue weighted by atomic mass is 10.0. The highest BCUT2D eigenvalue weighted by Gasteiger charge is 2.45. The molecule has 2 nitrogen and oxygen atoms in total. The molecule has 17 heavy (non-hydrogen) atoms. The van der Waals surface area contributed by atoms with Crippen LogP contribution in [0.4, 0.5) is 19.0 Å². The van der Waals surface area contributed by atoms with Crippen LogP contribution in [0.5, 0.6) is 0 Å². The highest BCUT2D eigenvalue weighted by Crippen LogP contribution is 2.45. The zero-order chi connectivity index (χ0) is 12.7. The van der Waals surface area contributed by atoms with Gasteiger partial charge in [-0.2, -0.15) is 13.2 Å². The van der Waals surface area contributed by atoms with Crippen molar-refractivity contribution in [3.8, 4) is 0 Å². The first-order valence-electron chi connectivity index (χ1n) is 5.65. The monoisotopic (exact) mass is 244 g/mol. The highest BCUT2D eigenvalue weighted by atomic mass is 19.4. The summed E-state index contributed by atoms with van der Waals surface area (Å²) in [6, 6.07) is 2.06. The van der Waals surface area contributed by atoms with Gasteiger partial charge in [0.2, 0.25) is 0 Å². The quantitative estimate of drug-likeness (QED) is 0.876. The third-order valence-electron chi connectivity index (χ3n) is 3.36. The molecule has 0 aromatic carbocycles. The zero-order valence-electron chi connectivity index (χ0n) is 9.80. The van der Waals surface area contributed by atoms with Crippen LogP contribution in [0.2, 0.25) is 0 Å². The molecule has 1 fully saturated rings. The number of halogens is 3. The summed E-state index contributed by atoms with van der Waals surface area (Å²) in [6.45, 7) is 4.13. The summed E-state index contributed by atoms with van der Waals surface area (Å²) in [6.07, 6.45) is -1.14. The molecule has 0 radical (unpaired) electrons. The fraction of sp³-hybridized carbons (Fsp3) is 0.583. The van der Waals surface area contributed by atoms with Gasteiger partial charge in [0.15, 0.2) is 0 Å². The molecule has 1 aromatic heterocycles. The molecule has 0 aliphatic heterocycles. The van der Waals surface area contributed by atoms with Gasteiger partial charge in [-0.05, 0) is 30.9 Å². The largest absolute Gasteiger partial charge is 0.416 e. The van der Waals surface area contributed by atoms with E-state index >= 15 is 0 Å². The lowest BCUT2D eigenvalue weighted by molar-refractivity contribution is -0.137. The predicted molar refractivity (Wildman–Crippen MR) is 59.7 cm³/mol. The third kappa shape index (κ3) is 2.53. The Labute approximate surface area is 98.2 Å². The van der Waals surface area contributed by atoms with Crippen LogP contribution in [0.25, 0.3) is 0 Å². The van der Waals surface area contributed by atoms with E-state index in [-0.39, 0.29) is 5.54 Å². The summed E-state index contributed by atoms with van der Waals surface area (Å²) < 4.78 is 37.6. The molecule has 94 valence electrons. The minimum atomic E-state index is -4.31. The number of aromatic nitrogens is 1. The van der Waals surface area contributed by atoms with E-state index in [0.717, 1.165) is 25.0 Å². The van der Waals surface area contributed by atoms with E-state index in [1.54, 1.807) is 0 Å². The van der Waals surface area contributed by atoms with Gasteiger partial charge in [-0.25, -0.2) is 4.98 Å². The number of hydrogen-bond donors (Lipinski definition) is 1. The second kappa shape index (κ2) is 3.89. The third-order valence-corrected chi connectivity index (χ3v) is 3.36. The van der Waals surface area contributed by atoms with Crippen molar-refractivity contribution in [1.82, 2.24) is 4.98 Å². The van der Waals surface area contributed by atoms with Crippen molar-refractivity contribution in [2.45, 2.75) is 38.4 Å². The van der Waals surface area contributed by atoms with Gasteiger partial charge in [-0.1, -0.05) is 13.8 Å². The van der Waals surface area contributed by atoms with Crippen LogP contribution in [0.1, 0.15) is 32.3 Å². The molecule has 1 aliphatic carbocycles. The van der Waals surface area contributed by atoms with Gasteiger partial charge in [0.1, 0.15) is 5.82 Å². The van der Waals surface area contributed by atoms with Gasteiger partial charge >= 0.3 is 6.18 Å². The number of rotatable bonds is 3. The molecule has 0 amide bonds. The van der Waals surface area contributed by atoms with Crippen molar-refractivity contribution in [3.05, 3.63) is 23.9 Å². The van der Waals surface area contributed by atoms with Crippen molar-refractivity contribution < 1.29 is 13.2 Å². The van der Waals surface area contributed by atoms with Crippen molar-refractivity contribution in [2.75, 3.05) is 5.32 Å². The summed E-state index contributed by atoms with van der Waals surface area (Å²) in [5, 5.41) is 3.13. The molecular weight excluding hydrogens is 229 g/mol. The van der Waals surface area contributed by atoms with E-state index in [2.05, 4.69) is 24.1 Å². The molecule has 1 heterocycles. The Hall–Kier alpha value is -1.26. The van der Waals surface area contributed by atoms with Gasteiger partial charge in [-0.15, -0.1) is 0 Å². The second-order valence-corrected chi connectivity index (χ2v) is 4.86. The number of nitrogens with zero attached hydrogens (tertiary/aromatic N) is 1. The Balaban J connectivity index is 2.18. The van der Waals surface area contributed by atoms with Crippen molar-refractivity contribution in [2.24, 2.45) is 5.92 Å². The van der Waals surface area contributed by atoms with Gasteiger partial charge in [-0.3, -0.25) is 0 Å². The predicted octanol–water partition coefficient (Wildman–Crippen LogP) is 3.70. The highest BCUT2D eigenvalue weighted by molar-refractivity contribution is 5.43. The van der Waals surface area contributed by atoms with Crippen LogP contribution in [0, 0.1) is 5.92 Å². The summed E-state index contributed by atoms with van der Waals surface area (Å²) in [7, 11) is 0. The van der Waals surface area contributed by atoms with Gasteiger partial charge in [0.05, 0.1) is 5.56 Å². The Morgan fingerprint density at radius 3 is 2.47 bits per heavy atom. The van der Waals surface area contributed by atoms with E-state index < -0.39 is 11.7 Å². The first-order valence-corrected chi connectivity index (χ1v) is 5.65. The van der Waals surface area contributed by atoms with Crippen molar-refractivity contribution in [1.29, 1.82) is 0 Å². The van der Waals surface area contributed by atoms with Crippen LogP contribution in [-0.2, 0) is 6.18 Å². The van der Waals surface area contributed by atoms with Gasteiger partial charge in [0, 0.05) is 11.7 Å². The Morgan fingerprint density at radius 1 is 1.35 bits per heavy atom. The minimum absolute atomic E-state index is 0.0583. The van der Waals surface area contributed by atoms with Crippen LogP contribution < -0.4 is 5.32 Å². The maximum atomic E-state index is 12.5. The summed E-state index contributed by atoms with van der Waals surface area (Å²) in [4.78, 5) is 3.95. The Kier molecular flexibility index (Phi) is 2.79. The molecule has 1 saturated carbocycles. The number of anilines is 1. The molecule has 2 rings (SSSR count). The molecule has 0 unspecified atom stereocenters. The molecular formula is C12H15F3N2.